The van der Waals surface area contributed by atoms with Crippen LogP contribution in [0.5, 0.6) is 5.75 Å². The first kappa shape index (κ1) is 23.4. The van der Waals surface area contributed by atoms with Crippen LogP contribution in [0.4, 0.5) is 0 Å². The van der Waals surface area contributed by atoms with Crippen molar-refractivity contribution in [1.29, 1.82) is 0 Å². The van der Waals surface area contributed by atoms with Gasteiger partial charge in [-0.1, -0.05) is 58.4 Å². The molecular weight excluding hydrogens is 498 g/mol. The molecule has 1 atom stereocenters. The van der Waals surface area contributed by atoms with Crippen LogP contribution in [0.15, 0.2) is 87.2 Å². The summed E-state index contributed by atoms with van der Waals surface area (Å²) in [5, 5.41) is 4.95. The molecule has 0 unspecified atom stereocenters. The van der Waals surface area contributed by atoms with Gasteiger partial charge in [-0.15, -0.1) is 0 Å². The molecule has 1 aromatic heterocycles. The van der Waals surface area contributed by atoms with Crippen molar-refractivity contribution in [3.8, 4) is 17.1 Å². The number of aromatic nitrogens is 2. The van der Waals surface area contributed by atoms with E-state index in [0.29, 0.717) is 28.0 Å². The number of esters is 1. The SMILES string of the molecule is CCOC(=O)[C@H](C)Oc1ccc(Br)cc1C=Nn1c(-c2ccccc2)nc2ccccc2c1=O. The number of nitrogens with zero attached hydrogens (tertiary/aromatic N) is 3. The molecule has 0 aliphatic rings. The number of hydrogen-bond donors (Lipinski definition) is 0. The fourth-order valence-electron chi connectivity index (χ4n) is 3.35. The standard InChI is InChI=1S/C26H22BrN3O4/c1-3-33-26(32)17(2)34-23-14-13-20(27)15-19(23)16-28-30-24(18-9-5-4-6-10-18)29-22-12-8-7-11-21(22)25(30)31/h4-17H,3H2,1-2H3/t17-/m0/s1. The van der Waals surface area contributed by atoms with Gasteiger partial charge in [0, 0.05) is 15.6 Å². The summed E-state index contributed by atoms with van der Waals surface area (Å²) in [4.78, 5) is 30.1. The Kier molecular flexibility index (Phi) is 7.18. The van der Waals surface area contributed by atoms with Crippen molar-refractivity contribution in [2.45, 2.75) is 20.0 Å². The van der Waals surface area contributed by atoms with Crippen LogP contribution < -0.4 is 10.3 Å². The molecule has 0 bridgehead atoms. The third-order valence-corrected chi connectivity index (χ3v) is 5.49. The molecule has 172 valence electrons. The Morgan fingerprint density at radius 3 is 2.62 bits per heavy atom. The van der Waals surface area contributed by atoms with Crippen LogP contribution in [0.1, 0.15) is 19.4 Å². The van der Waals surface area contributed by atoms with Gasteiger partial charge in [0.25, 0.3) is 5.56 Å². The number of halogens is 1. The second kappa shape index (κ2) is 10.4. The highest BCUT2D eigenvalue weighted by Gasteiger charge is 2.18. The number of rotatable bonds is 7. The van der Waals surface area contributed by atoms with Gasteiger partial charge >= 0.3 is 5.97 Å². The lowest BCUT2D eigenvalue weighted by atomic mass is 10.2. The van der Waals surface area contributed by atoms with Crippen LogP contribution in [-0.2, 0) is 9.53 Å². The fourth-order valence-corrected chi connectivity index (χ4v) is 3.73. The molecule has 0 amide bonds. The zero-order valence-electron chi connectivity index (χ0n) is 18.6. The Hall–Kier alpha value is -3.78. The van der Waals surface area contributed by atoms with Crippen molar-refractivity contribution in [3.05, 3.63) is 93.2 Å². The Morgan fingerprint density at radius 2 is 1.85 bits per heavy atom. The molecule has 0 aliphatic heterocycles. The van der Waals surface area contributed by atoms with Gasteiger partial charge in [-0.25, -0.2) is 9.78 Å². The molecule has 7 nitrogen and oxygen atoms in total. The molecular formula is C26H22BrN3O4. The number of para-hydroxylation sites is 1. The molecule has 0 fully saturated rings. The summed E-state index contributed by atoms with van der Waals surface area (Å²) in [6.45, 7) is 3.62. The number of ether oxygens (including phenoxy) is 2. The number of hydrogen-bond acceptors (Lipinski definition) is 6. The van der Waals surface area contributed by atoms with Crippen LogP contribution in [-0.4, -0.2) is 34.6 Å². The molecule has 8 heteroatoms. The quantitative estimate of drug-likeness (QED) is 0.252. The summed E-state index contributed by atoms with van der Waals surface area (Å²) in [5.41, 5.74) is 1.62. The maximum absolute atomic E-state index is 13.3. The maximum Gasteiger partial charge on any atom is 0.347 e. The number of carbonyl (C=O) groups is 1. The minimum Gasteiger partial charge on any atom is -0.478 e. The Balaban J connectivity index is 1.80. The van der Waals surface area contributed by atoms with E-state index in [9.17, 15) is 9.59 Å². The normalized spacial score (nSPS) is 12.1. The van der Waals surface area contributed by atoms with E-state index in [1.165, 1.54) is 10.9 Å². The molecule has 0 saturated carbocycles. The third-order valence-electron chi connectivity index (χ3n) is 4.99. The van der Waals surface area contributed by atoms with Gasteiger partial charge in [0.2, 0.25) is 0 Å². The highest BCUT2D eigenvalue weighted by Crippen LogP contribution is 2.24. The molecule has 0 radical (unpaired) electrons. The van der Waals surface area contributed by atoms with Gasteiger partial charge in [-0.3, -0.25) is 4.79 Å². The first-order valence-electron chi connectivity index (χ1n) is 10.7. The van der Waals surface area contributed by atoms with Crippen molar-refractivity contribution in [1.82, 2.24) is 9.66 Å². The van der Waals surface area contributed by atoms with Crippen molar-refractivity contribution in [2.24, 2.45) is 5.10 Å². The predicted octanol–water partition coefficient (Wildman–Crippen LogP) is 5.04. The molecule has 34 heavy (non-hydrogen) atoms. The van der Waals surface area contributed by atoms with Crippen molar-refractivity contribution in [3.63, 3.8) is 0 Å². The molecule has 0 spiro atoms. The zero-order chi connectivity index (χ0) is 24.1. The van der Waals surface area contributed by atoms with Gasteiger partial charge in [-0.05, 0) is 44.2 Å². The maximum atomic E-state index is 13.3. The Morgan fingerprint density at radius 1 is 1.12 bits per heavy atom. The van der Waals surface area contributed by atoms with Crippen LogP contribution in [0.2, 0.25) is 0 Å². The third kappa shape index (κ3) is 5.07. The van der Waals surface area contributed by atoms with E-state index < -0.39 is 12.1 Å². The smallest absolute Gasteiger partial charge is 0.347 e. The second-order valence-electron chi connectivity index (χ2n) is 7.37. The second-order valence-corrected chi connectivity index (χ2v) is 8.29. The molecule has 4 rings (SSSR count). The number of fused-ring (bicyclic) bond motifs is 1. The van der Waals surface area contributed by atoms with E-state index in [-0.39, 0.29) is 12.2 Å². The van der Waals surface area contributed by atoms with Gasteiger partial charge in [0.05, 0.1) is 23.7 Å². The van der Waals surface area contributed by atoms with E-state index in [1.807, 2.05) is 36.4 Å². The molecule has 1 heterocycles. The van der Waals surface area contributed by atoms with E-state index >= 15 is 0 Å². The van der Waals surface area contributed by atoms with E-state index in [0.717, 1.165) is 10.0 Å². The molecule has 3 aromatic carbocycles. The molecule has 0 saturated heterocycles. The van der Waals surface area contributed by atoms with E-state index in [1.54, 1.807) is 50.2 Å². The van der Waals surface area contributed by atoms with E-state index in [4.69, 9.17) is 14.5 Å². The predicted molar refractivity (Wildman–Crippen MR) is 135 cm³/mol. The minimum atomic E-state index is -0.807. The van der Waals surface area contributed by atoms with E-state index in [2.05, 4.69) is 21.0 Å². The summed E-state index contributed by atoms with van der Waals surface area (Å²) >= 11 is 3.45. The number of carbonyl (C=O) groups excluding carboxylic acids is 1. The zero-order valence-corrected chi connectivity index (χ0v) is 20.2. The Bertz CT molecular complexity index is 1420. The largest absolute Gasteiger partial charge is 0.478 e. The average molecular weight is 520 g/mol. The monoisotopic (exact) mass is 519 g/mol. The molecule has 0 aliphatic carbocycles. The fraction of sp³-hybridized carbons (Fsp3) is 0.154. The lowest BCUT2D eigenvalue weighted by Crippen LogP contribution is -2.26. The summed E-state index contributed by atoms with van der Waals surface area (Å²) < 4.78 is 12.9. The lowest BCUT2D eigenvalue weighted by Gasteiger charge is -2.15. The van der Waals surface area contributed by atoms with Crippen LogP contribution in [0, 0.1) is 0 Å². The summed E-state index contributed by atoms with van der Waals surface area (Å²) in [5.74, 6) is 0.378. The van der Waals surface area contributed by atoms with Crippen LogP contribution >= 0.6 is 15.9 Å². The Labute approximate surface area is 204 Å². The first-order valence-corrected chi connectivity index (χ1v) is 11.5. The van der Waals surface area contributed by atoms with Crippen LogP contribution in [0.25, 0.3) is 22.3 Å². The lowest BCUT2D eigenvalue weighted by molar-refractivity contribution is -0.150. The van der Waals surface area contributed by atoms with Gasteiger partial charge in [0.1, 0.15) is 5.75 Å². The van der Waals surface area contributed by atoms with Gasteiger partial charge in [-0.2, -0.15) is 9.78 Å². The van der Waals surface area contributed by atoms with Crippen molar-refractivity contribution in [2.75, 3.05) is 6.61 Å². The average Bonchev–Trinajstić information content (AvgIpc) is 2.85. The van der Waals surface area contributed by atoms with Crippen molar-refractivity contribution < 1.29 is 14.3 Å². The topological polar surface area (TPSA) is 82.8 Å². The van der Waals surface area contributed by atoms with Gasteiger partial charge < -0.3 is 9.47 Å². The van der Waals surface area contributed by atoms with Crippen LogP contribution in [0.3, 0.4) is 0 Å². The molecule has 0 N–H and O–H groups in total. The summed E-state index contributed by atoms with van der Waals surface area (Å²) in [6.07, 6.45) is 0.709. The summed E-state index contributed by atoms with van der Waals surface area (Å²) in [7, 11) is 0. The van der Waals surface area contributed by atoms with Gasteiger partial charge in [0.15, 0.2) is 11.9 Å². The minimum absolute atomic E-state index is 0.265. The molecule has 4 aromatic rings. The highest BCUT2D eigenvalue weighted by atomic mass is 79.9. The van der Waals surface area contributed by atoms with Crippen molar-refractivity contribution >= 4 is 39.0 Å². The highest BCUT2D eigenvalue weighted by molar-refractivity contribution is 9.10. The number of benzene rings is 3. The first-order chi connectivity index (χ1) is 16.5. The summed E-state index contributed by atoms with van der Waals surface area (Å²) in [6, 6.07) is 21.9.